The van der Waals surface area contributed by atoms with E-state index < -0.39 is 11.9 Å². The van der Waals surface area contributed by atoms with Crippen molar-refractivity contribution in [2.75, 3.05) is 18.5 Å². The third kappa shape index (κ3) is 4.98. The molecule has 3 nitrogen and oxygen atoms in total. The van der Waals surface area contributed by atoms with E-state index in [2.05, 4.69) is 5.32 Å². The minimum absolute atomic E-state index is 0.0534. The molecule has 1 aromatic rings. The Bertz CT molecular complexity index is 379. The molecule has 0 saturated heterocycles. The Morgan fingerprint density at radius 2 is 1.89 bits per heavy atom. The molecule has 0 bridgehead atoms. The van der Waals surface area contributed by atoms with Gasteiger partial charge in [-0.1, -0.05) is 23.2 Å². The first-order valence-corrected chi connectivity index (χ1v) is 6.33. The summed E-state index contributed by atoms with van der Waals surface area (Å²) < 4.78 is 18.2. The van der Waals surface area contributed by atoms with Crippen LogP contribution in [0.2, 0.25) is 10.0 Å². The van der Waals surface area contributed by atoms with Crippen molar-refractivity contribution in [2.24, 2.45) is 0 Å². The Hall–Kier alpha value is -0.550. The minimum Gasteiger partial charge on any atom is -0.389 e. The van der Waals surface area contributed by atoms with Crippen molar-refractivity contribution in [2.45, 2.75) is 26.1 Å². The number of hydrogen-bond donors (Lipinski definition) is 2. The third-order valence-electron chi connectivity index (χ3n) is 2.14. The fourth-order valence-corrected chi connectivity index (χ4v) is 1.89. The topological polar surface area (TPSA) is 41.5 Å². The highest BCUT2D eigenvalue weighted by atomic mass is 35.5. The third-order valence-corrected chi connectivity index (χ3v) is 2.74. The summed E-state index contributed by atoms with van der Waals surface area (Å²) in [6.07, 6.45) is -0.637. The lowest BCUT2D eigenvalue weighted by atomic mass is 10.3. The van der Waals surface area contributed by atoms with Gasteiger partial charge >= 0.3 is 0 Å². The second kappa shape index (κ2) is 7.14. The Labute approximate surface area is 116 Å². The van der Waals surface area contributed by atoms with Crippen LogP contribution in [0, 0.1) is 5.82 Å². The molecule has 0 aliphatic heterocycles. The molecule has 0 heterocycles. The average Bonchev–Trinajstić information content (AvgIpc) is 2.24. The maximum absolute atomic E-state index is 13.0. The number of aliphatic hydroxyl groups excluding tert-OH is 1. The van der Waals surface area contributed by atoms with Crippen molar-refractivity contribution in [3.63, 3.8) is 0 Å². The van der Waals surface area contributed by atoms with Crippen LogP contribution in [0.3, 0.4) is 0 Å². The molecular formula is C12H16Cl2FNO2. The average molecular weight is 296 g/mol. The normalized spacial score (nSPS) is 12.8. The highest BCUT2D eigenvalue weighted by Gasteiger charge is 2.11. The largest absolute Gasteiger partial charge is 0.389 e. The molecule has 0 amide bonds. The molecule has 0 aromatic heterocycles. The van der Waals surface area contributed by atoms with E-state index in [4.69, 9.17) is 27.9 Å². The van der Waals surface area contributed by atoms with Crippen LogP contribution in [0.15, 0.2) is 12.1 Å². The summed E-state index contributed by atoms with van der Waals surface area (Å²) in [5.74, 6) is -0.501. The summed E-state index contributed by atoms with van der Waals surface area (Å²) in [6, 6.07) is 2.32. The van der Waals surface area contributed by atoms with E-state index in [0.29, 0.717) is 5.69 Å². The molecule has 2 N–H and O–H groups in total. The van der Waals surface area contributed by atoms with Gasteiger partial charge in [0.15, 0.2) is 0 Å². The van der Waals surface area contributed by atoms with Crippen molar-refractivity contribution < 1.29 is 14.2 Å². The Balaban J connectivity index is 2.53. The zero-order chi connectivity index (χ0) is 13.7. The fourth-order valence-electron chi connectivity index (χ4n) is 1.29. The van der Waals surface area contributed by atoms with E-state index in [-0.39, 0.29) is 29.3 Å². The van der Waals surface area contributed by atoms with Crippen molar-refractivity contribution in [1.82, 2.24) is 0 Å². The molecule has 18 heavy (non-hydrogen) atoms. The number of halogens is 3. The molecular weight excluding hydrogens is 280 g/mol. The summed E-state index contributed by atoms with van der Waals surface area (Å²) in [6.45, 7) is 4.20. The van der Waals surface area contributed by atoms with Gasteiger partial charge in [-0.2, -0.15) is 0 Å². The van der Waals surface area contributed by atoms with Gasteiger partial charge in [0.25, 0.3) is 0 Å². The van der Waals surface area contributed by atoms with E-state index in [0.717, 1.165) is 12.1 Å². The van der Waals surface area contributed by atoms with Crippen LogP contribution in [-0.4, -0.2) is 30.5 Å². The Kier molecular flexibility index (Phi) is 6.15. The van der Waals surface area contributed by atoms with Gasteiger partial charge in [0.1, 0.15) is 5.82 Å². The number of benzene rings is 1. The summed E-state index contributed by atoms with van der Waals surface area (Å²) in [5.41, 5.74) is 0.406. The van der Waals surface area contributed by atoms with Crippen molar-refractivity contribution >= 4 is 28.9 Å². The number of rotatable bonds is 6. The Morgan fingerprint density at radius 3 is 2.39 bits per heavy atom. The van der Waals surface area contributed by atoms with Crippen LogP contribution < -0.4 is 5.32 Å². The fraction of sp³-hybridized carbons (Fsp3) is 0.500. The number of nitrogens with one attached hydrogen (secondary N) is 1. The zero-order valence-electron chi connectivity index (χ0n) is 10.2. The summed E-state index contributed by atoms with van der Waals surface area (Å²) in [4.78, 5) is 0. The summed E-state index contributed by atoms with van der Waals surface area (Å²) >= 11 is 11.7. The predicted molar refractivity (Wildman–Crippen MR) is 72.0 cm³/mol. The van der Waals surface area contributed by atoms with Gasteiger partial charge < -0.3 is 15.2 Å². The second-order valence-electron chi connectivity index (χ2n) is 4.16. The molecule has 6 heteroatoms. The second-order valence-corrected chi connectivity index (χ2v) is 4.98. The predicted octanol–water partition coefficient (Wildman–Crippen LogP) is 3.33. The highest BCUT2D eigenvalue weighted by molar-refractivity contribution is 6.39. The zero-order valence-corrected chi connectivity index (χ0v) is 11.7. The van der Waals surface area contributed by atoms with E-state index in [1.807, 2.05) is 13.8 Å². The number of hydrogen-bond acceptors (Lipinski definition) is 3. The molecule has 0 saturated carbocycles. The minimum atomic E-state index is -0.690. The van der Waals surface area contributed by atoms with Crippen molar-refractivity contribution in [3.05, 3.63) is 28.0 Å². The van der Waals surface area contributed by atoms with Gasteiger partial charge in [-0.05, 0) is 26.0 Å². The molecule has 1 unspecified atom stereocenters. The van der Waals surface area contributed by atoms with Crippen molar-refractivity contribution in [1.29, 1.82) is 0 Å². The van der Waals surface area contributed by atoms with Gasteiger partial charge in [-0.3, -0.25) is 0 Å². The molecule has 1 atom stereocenters. The summed E-state index contributed by atoms with van der Waals surface area (Å²) in [5, 5.41) is 12.9. The molecule has 0 fully saturated rings. The van der Waals surface area contributed by atoms with Gasteiger partial charge in [-0.15, -0.1) is 0 Å². The van der Waals surface area contributed by atoms with Crippen LogP contribution in [0.25, 0.3) is 0 Å². The number of anilines is 1. The van der Waals surface area contributed by atoms with Crippen molar-refractivity contribution in [3.8, 4) is 0 Å². The van der Waals surface area contributed by atoms with E-state index in [1.165, 1.54) is 0 Å². The molecule has 1 aromatic carbocycles. The van der Waals surface area contributed by atoms with E-state index >= 15 is 0 Å². The maximum atomic E-state index is 13.0. The first-order chi connectivity index (χ1) is 8.40. The number of ether oxygens (including phenoxy) is 1. The van der Waals surface area contributed by atoms with Gasteiger partial charge in [0.2, 0.25) is 0 Å². The van der Waals surface area contributed by atoms with Crippen LogP contribution >= 0.6 is 23.2 Å². The standard InChI is InChI=1S/C12H16Cl2FNO2/c1-7(2)18-6-9(17)5-16-12-10(13)3-8(15)4-11(12)14/h3-4,7,9,16-17H,5-6H2,1-2H3. The lowest BCUT2D eigenvalue weighted by Crippen LogP contribution is -2.26. The smallest absolute Gasteiger partial charge is 0.126 e. The van der Waals surface area contributed by atoms with Gasteiger partial charge in [0.05, 0.1) is 34.5 Å². The summed E-state index contributed by atoms with van der Waals surface area (Å²) in [7, 11) is 0. The van der Waals surface area contributed by atoms with Crippen LogP contribution in [0.4, 0.5) is 10.1 Å². The van der Waals surface area contributed by atoms with Crippen LogP contribution in [-0.2, 0) is 4.74 Å². The molecule has 0 aliphatic rings. The molecule has 0 spiro atoms. The van der Waals surface area contributed by atoms with E-state index in [1.54, 1.807) is 0 Å². The monoisotopic (exact) mass is 295 g/mol. The quantitative estimate of drug-likeness (QED) is 0.846. The lowest BCUT2D eigenvalue weighted by molar-refractivity contribution is 0.0112. The van der Waals surface area contributed by atoms with Gasteiger partial charge in [-0.25, -0.2) is 4.39 Å². The van der Waals surface area contributed by atoms with E-state index in [9.17, 15) is 9.50 Å². The first-order valence-electron chi connectivity index (χ1n) is 5.58. The van der Waals surface area contributed by atoms with Gasteiger partial charge in [0, 0.05) is 6.54 Å². The maximum Gasteiger partial charge on any atom is 0.126 e. The molecule has 102 valence electrons. The lowest BCUT2D eigenvalue weighted by Gasteiger charge is -2.16. The number of aliphatic hydroxyl groups is 1. The van der Waals surface area contributed by atoms with Crippen LogP contribution in [0.5, 0.6) is 0 Å². The Morgan fingerprint density at radius 1 is 1.33 bits per heavy atom. The molecule has 0 aliphatic carbocycles. The van der Waals surface area contributed by atoms with Crippen LogP contribution in [0.1, 0.15) is 13.8 Å². The molecule has 1 rings (SSSR count). The highest BCUT2D eigenvalue weighted by Crippen LogP contribution is 2.31. The SMILES string of the molecule is CC(C)OCC(O)CNc1c(Cl)cc(F)cc1Cl. The molecule has 0 radical (unpaired) electrons. The first kappa shape index (κ1) is 15.5.